The van der Waals surface area contributed by atoms with Gasteiger partial charge in [0, 0.05) is 25.2 Å². The Kier molecular flexibility index (Phi) is 3.53. The molecule has 1 aliphatic heterocycles. The van der Waals surface area contributed by atoms with Crippen molar-refractivity contribution in [3.63, 3.8) is 0 Å². The van der Waals surface area contributed by atoms with Gasteiger partial charge in [-0.15, -0.1) is 0 Å². The van der Waals surface area contributed by atoms with Gasteiger partial charge in [-0.3, -0.25) is 9.48 Å². The van der Waals surface area contributed by atoms with Gasteiger partial charge in [0.15, 0.2) is 5.41 Å². The second kappa shape index (κ2) is 4.76. The molecular weight excluding hydrogens is 275 g/mol. The molecule has 0 radical (unpaired) electrons. The van der Waals surface area contributed by atoms with E-state index in [-0.39, 0.29) is 13.0 Å². The van der Waals surface area contributed by atoms with E-state index in [1.165, 1.54) is 4.68 Å². The molecule has 1 fully saturated rings. The van der Waals surface area contributed by atoms with E-state index in [1.807, 2.05) is 0 Å². The number of carbonyl (C=O) groups is 1. The normalized spacial score (nSPS) is 26.9. The van der Waals surface area contributed by atoms with Gasteiger partial charge in [-0.25, -0.2) is 0 Å². The third-order valence-corrected chi connectivity index (χ3v) is 4.09. The van der Waals surface area contributed by atoms with Crippen molar-refractivity contribution in [3.8, 4) is 0 Å². The third kappa shape index (κ3) is 2.07. The van der Waals surface area contributed by atoms with Crippen LogP contribution in [0.15, 0.2) is 6.20 Å². The quantitative estimate of drug-likeness (QED) is 0.876. The summed E-state index contributed by atoms with van der Waals surface area (Å²) in [5, 5.41) is 15.7. The van der Waals surface area contributed by atoms with Gasteiger partial charge in [0.2, 0.25) is 0 Å². The number of aryl methyl sites for hydroxylation is 2. The first-order chi connectivity index (χ1) is 9.20. The predicted molar refractivity (Wildman–Crippen MR) is 64.1 cm³/mol. The van der Waals surface area contributed by atoms with Crippen molar-refractivity contribution in [2.45, 2.75) is 19.5 Å². The summed E-state index contributed by atoms with van der Waals surface area (Å²) in [6, 6.07) is 0. The fourth-order valence-corrected chi connectivity index (χ4v) is 2.81. The van der Waals surface area contributed by atoms with Crippen molar-refractivity contribution in [2.75, 3.05) is 13.1 Å². The fraction of sp³-hybridized carbons (Fsp3) is 0.667. The number of hydrogen-bond donors (Lipinski definition) is 2. The van der Waals surface area contributed by atoms with Crippen molar-refractivity contribution >= 4 is 5.97 Å². The van der Waals surface area contributed by atoms with E-state index in [4.69, 9.17) is 5.11 Å². The Morgan fingerprint density at radius 3 is 2.75 bits per heavy atom. The van der Waals surface area contributed by atoms with Gasteiger partial charge in [0.1, 0.15) is 0 Å². The summed E-state index contributed by atoms with van der Waals surface area (Å²) in [6.45, 7) is 1.19. The van der Waals surface area contributed by atoms with Gasteiger partial charge < -0.3 is 10.4 Å². The number of carboxylic acid groups (broad SMARTS) is 1. The molecule has 0 bridgehead atoms. The number of hydrogen-bond acceptors (Lipinski definition) is 3. The molecule has 0 saturated carbocycles. The van der Waals surface area contributed by atoms with Crippen LogP contribution in [0.2, 0.25) is 0 Å². The van der Waals surface area contributed by atoms with E-state index in [9.17, 15) is 18.0 Å². The highest BCUT2D eigenvalue weighted by atomic mass is 19.4. The minimum atomic E-state index is -4.79. The van der Waals surface area contributed by atoms with Crippen molar-refractivity contribution in [1.82, 2.24) is 15.1 Å². The van der Waals surface area contributed by atoms with Gasteiger partial charge in [-0.2, -0.15) is 18.3 Å². The largest absolute Gasteiger partial charge is 0.481 e. The summed E-state index contributed by atoms with van der Waals surface area (Å²) in [4.78, 5) is 11.3. The number of aliphatic carboxylic acids is 1. The zero-order chi connectivity index (χ0) is 15.1. The van der Waals surface area contributed by atoms with E-state index in [0.717, 1.165) is 5.56 Å². The molecule has 1 saturated heterocycles. The highest BCUT2D eigenvalue weighted by Crippen LogP contribution is 2.47. The summed E-state index contributed by atoms with van der Waals surface area (Å²) in [6.07, 6.45) is -3.20. The van der Waals surface area contributed by atoms with Gasteiger partial charge >= 0.3 is 12.1 Å². The lowest BCUT2D eigenvalue weighted by Crippen LogP contribution is -2.51. The van der Waals surface area contributed by atoms with Crippen LogP contribution in [0.1, 0.15) is 11.3 Å². The Balaban J connectivity index is 2.38. The molecule has 20 heavy (non-hydrogen) atoms. The number of aromatic nitrogens is 2. The zero-order valence-corrected chi connectivity index (χ0v) is 11.2. The van der Waals surface area contributed by atoms with Crippen LogP contribution in [0.25, 0.3) is 0 Å². The van der Waals surface area contributed by atoms with Crippen molar-refractivity contribution in [1.29, 1.82) is 0 Å². The average molecular weight is 291 g/mol. The lowest BCUT2D eigenvalue weighted by atomic mass is 9.75. The molecule has 2 rings (SSSR count). The molecular formula is C12H16F3N3O2. The van der Waals surface area contributed by atoms with E-state index in [2.05, 4.69) is 10.4 Å². The first kappa shape index (κ1) is 14.8. The van der Waals surface area contributed by atoms with Crippen LogP contribution >= 0.6 is 0 Å². The smallest absolute Gasteiger partial charge is 0.406 e. The zero-order valence-electron chi connectivity index (χ0n) is 11.2. The van der Waals surface area contributed by atoms with Crippen molar-refractivity contribution in [2.24, 2.45) is 18.4 Å². The molecule has 2 atom stereocenters. The van der Waals surface area contributed by atoms with Gasteiger partial charge in [0.25, 0.3) is 0 Å². The lowest BCUT2D eigenvalue weighted by Gasteiger charge is -2.32. The number of rotatable bonds is 3. The maximum Gasteiger partial charge on any atom is 0.406 e. The van der Waals surface area contributed by atoms with Gasteiger partial charge in [-0.05, 0) is 25.5 Å². The van der Waals surface area contributed by atoms with Crippen LogP contribution in [0.4, 0.5) is 13.2 Å². The fourth-order valence-electron chi connectivity index (χ4n) is 2.81. The summed E-state index contributed by atoms with van der Waals surface area (Å²) in [7, 11) is 1.64. The number of nitrogens with one attached hydrogen (secondary N) is 1. The molecule has 0 unspecified atom stereocenters. The van der Waals surface area contributed by atoms with Crippen LogP contribution < -0.4 is 5.32 Å². The molecule has 1 aromatic rings. The molecule has 112 valence electrons. The minimum Gasteiger partial charge on any atom is -0.481 e. The second-order valence-corrected chi connectivity index (χ2v) is 5.20. The Morgan fingerprint density at radius 2 is 2.30 bits per heavy atom. The molecule has 0 aromatic carbocycles. The molecule has 2 N–H and O–H groups in total. The van der Waals surface area contributed by atoms with Crippen LogP contribution in [0, 0.1) is 18.3 Å². The monoisotopic (exact) mass is 291 g/mol. The molecule has 1 aliphatic rings. The Labute approximate surface area is 113 Å². The van der Waals surface area contributed by atoms with E-state index >= 15 is 0 Å². The lowest BCUT2D eigenvalue weighted by molar-refractivity contribution is -0.236. The molecule has 1 aromatic heterocycles. The molecule has 0 aliphatic carbocycles. The summed E-state index contributed by atoms with van der Waals surface area (Å²) in [5.41, 5.74) is -1.33. The van der Waals surface area contributed by atoms with Crippen molar-refractivity contribution < 1.29 is 23.1 Å². The van der Waals surface area contributed by atoms with Gasteiger partial charge in [-0.1, -0.05) is 0 Å². The first-order valence-corrected chi connectivity index (χ1v) is 6.18. The summed E-state index contributed by atoms with van der Waals surface area (Å²) >= 11 is 0. The number of nitrogens with zero attached hydrogens (tertiary/aromatic N) is 2. The van der Waals surface area contributed by atoms with E-state index in [0.29, 0.717) is 5.69 Å². The SMILES string of the molecule is Cc1cnn(C)c1C[C@H]1CNC[C@@]1(C(=O)O)C(F)(F)F. The standard InChI is InChI=1S/C12H16F3N3O2/c1-7-4-17-18(2)9(7)3-8-5-16-6-11(8,10(19)20)12(13,14)15/h4,8,16H,3,5-6H2,1-2H3,(H,19,20)/t8-,11+/m0/s1. The highest BCUT2D eigenvalue weighted by molar-refractivity contribution is 5.77. The number of halogens is 3. The number of carboxylic acids is 1. The minimum absolute atomic E-state index is 0.0242. The second-order valence-electron chi connectivity index (χ2n) is 5.20. The van der Waals surface area contributed by atoms with Crippen LogP contribution in [-0.2, 0) is 18.3 Å². The highest BCUT2D eigenvalue weighted by Gasteiger charge is 2.66. The maximum absolute atomic E-state index is 13.3. The van der Waals surface area contributed by atoms with Crippen LogP contribution in [0.3, 0.4) is 0 Å². The molecule has 2 heterocycles. The summed E-state index contributed by atoms with van der Waals surface area (Å²) in [5.74, 6) is -2.87. The molecule has 0 amide bonds. The maximum atomic E-state index is 13.3. The predicted octanol–water partition coefficient (Wildman–Crippen LogP) is 1.12. The van der Waals surface area contributed by atoms with E-state index in [1.54, 1.807) is 20.2 Å². The average Bonchev–Trinajstić information content (AvgIpc) is 2.87. The summed E-state index contributed by atoms with van der Waals surface area (Å²) < 4.78 is 41.4. The van der Waals surface area contributed by atoms with Crippen LogP contribution in [0.5, 0.6) is 0 Å². The number of alkyl halides is 3. The molecule has 0 spiro atoms. The Morgan fingerprint density at radius 1 is 1.65 bits per heavy atom. The first-order valence-electron chi connectivity index (χ1n) is 6.18. The van der Waals surface area contributed by atoms with Crippen LogP contribution in [-0.4, -0.2) is 40.1 Å². The van der Waals surface area contributed by atoms with E-state index < -0.39 is 30.0 Å². The molecule has 5 nitrogen and oxygen atoms in total. The molecule has 8 heteroatoms. The Bertz CT molecular complexity index is 507. The topological polar surface area (TPSA) is 67.2 Å². The van der Waals surface area contributed by atoms with Gasteiger partial charge in [0.05, 0.1) is 6.20 Å². The third-order valence-electron chi connectivity index (χ3n) is 4.09. The van der Waals surface area contributed by atoms with Crippen molar-refractivity contribution in [3.05, 3.63) is 17.5 Å². The Hall–Kier alpha value is -1.57.